The van der Waals surface area contributed by atoms with Crippen LogP contribution in [0.25, 0.3) is 0 Å². The molecule has 1 unspecified atom stereocenters. The van der Waals surface area contributed by atoms with Gasteiger partial charge in [-0.2, -0.15) is 0 Å². The zero-order valence-electron chi connectivity index (χ0n) is 7.42. The molecule has 0 aromatic carbocycles. The lowest BCUT2D eigenvalue weighted by molar-refractivity contribution is 0.169. The Kier molecular flexibility index (Phi) is 2.17. The lowest BCUT2D eigenvalue weighted by Gasteiger charge is -2.34. The fourth-order valence-electron chi connectivity index (χ4n) is 2.29. The molecule has 1 heteroatoms. The third-order valence-corrected chi connectivity index (χ3v) is 3.09. The van der Waals surface area contributed by atoms with Crippen LogP contribution in [0.4, 0.5) is 0 Å². The number of rotatable bonds is 2. The summed E-state index contributed by atoms with van der Waals surface area (Å²) in [5.74, 6) is 1.06. The summed E-state index contributed by atoms with van der Waals surface area (Å²) < 4.78 is 0. The van der Waals surface area contributed by atoms with Crippen molar-refractivity contribution in [1.82, 2.24) is 4.90 Å². The van der Waals surface area contributed by atoms with Gasteiger partial charge in [0.1, 0.15) is 0 Å². The van der Waals surface area contributed by atoms with Crippen LogP contribution in [0.2, 0.25) is 0 Å². The van der Waals surface area contributed by atoms with Crippen molar-refractivity contribution in [3.8, 4) is 0 Å². The summed E-state index contributed by atoms with van der Waals surface area (Å²) in [4.78, 5) is 2.57. The second kappa shape index (κ2) is 3.14. The van der Waals surface area contributed by atoms with Crippen molar-refractivity contribution in [2.75, 3.05) is 6.54 Å². The van der Waals surface area contributed by atoms with Gasteiger partial charge in [-0.05, 0) is 45.1 Å². The minimum absolute atomic E-state index is 0.925. The molecule has 11 heavy (non-hydrogen) atoms. The van der Waals surface area contributed by atoms with Gasteiger partial charge in [-0.1, -0.05) is 6.42 Å². The van der Waals surface area contributed by atoms with Gasteiger partial charge in [-0.25, -0.2) is 0 Å². The zero-order valence-corrected chi connectivity index (χ0v) is 7.42. The molecule has 2 fully saturated rings. The summed E-state index contributed by atoms with van der Waals surface area (Å²) in [6.07, 6.45) is 7.32. The van der Waals surface area contributed by atoms with E-state index < -0.39 is 0 Å². The molecule has 0 aromatic rings. The van der Waals surface area contributed by atoms with E-state index in [0.29, 0.717) is 0 Å². The molecule has 1 saturated carbocycles. The summed E-state index contributed by atoms with van der Waals surface area (Å²) in [5, 5.41) is 0. The van der Waals surface area contributed by atoms with Crippen LogP contribution in [-0.4, -0.2) is 17.5 Å². The molecule has 2 aliphatic rings. The summed E-state index contributed by atoms with van der Waals surface area (Å²) in [5.41, 5.74) is 0. The third-order valence-electron chi connectivity index (χ3n) is 3.09. The standard InChI is InChI=1S/C10H18N/c1-2-11-8-4-3-5-10(11)9-6-7-9/h2,9-10H,3-8H2,1H3. The normalized spacial score (nSPS) is 34.1. The average Bonchev–Trinajstić information content (AvgIpc) is 2.87. The van der Waals surface area contributed by atoms with Gasteiger partial charge in [0, 0.05) is 12.6 Å². The number of hydrogen-bond acceptors (Lipinski definition) is 1. The Morgan fingerprint density at radius 2 is 2.00 bits per heavy atom. The first-order chi connectivity index (χ1) is 5.42. The van der Waals surface area contributed by atoms with Crippen LogP contribution < -0.4 is 0 Å². The topological polar surface area (TPSA) is 3.24 Å². The van der Waals surface area contributed by atoms with Crippen molar-refractivity contribution in [2.24, 2.45) is 5.92 Å². The fraction of sp³-hybridized carbons (Fsp3) is 0.900. The highest BCUT2D eigenvalue weighted by Gasteiger charge is 2.35. The largest absolute Gasteiger partial charge is 0.296 e. The highest BCUT2D eigenvalue weighted by molar-refractivity contribution is 4.91. The number of piperidine rings is 1. The quantitative estimate of drug-likeness (QED) is 0.587. The molecule has 1 nitrogen and oxygen atoms in total. The minimum Gasteiger partial charge on any atom is -0.296 e. The van der Waals surface area contributed by atoms with Crippen LogP contribution in [-0.2, 0) is 0 Å². The molecular formula is C10H18N. The Hall–Kier alpha value is -0.0400. The van der Waals surface area contributed by atoms with Gasteiger partial charge < -0.3 is 0 Å². The lowest BCUT2D eigenvalue weighted by atomic mass is 9.98. The first-order valence-electron chi connectivity index (χ1n) is 4.97. The molecule has 2 rings (SSSR count). The van der Waals surface area contributed by atoms with Crippen LogP contribution >= 0.6 is 0 Å². The van der Waals surface area contributed by atoms with Crippen LogP contribution in [0.5, 0.6) is 0 Å². The molecule has 1 aliphatic heterocycles. The van der Waals surface area contributed by atoms with Crippen LogP contribution in [0.1, 0.15) is 39.0 Å². The highest BCUT2D eigenvalue weighted by atomic mass is 15.2. The van der Waals surface area contributed by atoms with Crippen LogP contribution in [0.15, 0.2) is 0 Å². The van der Waals surface area contributed by atoms with Gasteiger partial charge in [-0.3, -0.25) is 4.90 Å². The molecule has 1 aliphatic carbocycles. The summed E-state index contributed by atoms with van der Waals surface area (Å²) >= 11 is 0. The van der Waals surface area contributed by atoms with Gasteiger partial charge in [0.25, 0.3) is 0 Å². The molecule has 1 atom stereocenters. The maximum Gasteiger partial charge on any atom is 0.0223 e. The molecule has 0 aromatic heterocycles. The van der Waals surface area contributed by atoms with E-state index in [9.17, 15) is 0 Å². The Balaban J connectivity index is 1.91. The fourth-order valence-corrected chi connectivity index (χ4v) is 2.29. The molecule has 1 heterocycles. The molecule has 0 spiro atoms. The first kappa shape index (κ1) is 7.60. The van der Waals surface area contributed by atoms with E-state index >= 15 is 0 Å². The second-order valence-electron chi connectivity index (χ2n) is 3.90. The zero-order chi connectivity index (χ0) is 7.68. The average molecular weight is 152 g/mol. The number of hydrogen-bond donors (Lipinski definition) is 0. The summed E-state index contributed by atoms with van der Waals surface area (Å²) in [6, 6.07) is 0.925. The maximum atomic E-state index is 2.57. The maximum absolute atomic E-state index is 2.57. The molecule has 1 saturated heterocycles. The van der Waals surface area contributed by atoms with E-state index in [-0.39, 0.29) is 0 Å². The van der Waals surface area contributed by atoms with Gasteiger partial charge in [-0.15, -0.1) is 0 Å². The van der Waals surface area contributed by atoms with E-state index in [1.54, 1.807) is 0 Å². The van der Waals surface area contributed by atoms with Crippen molar-refractivity contribution in [1.29, 1.82) is 0 Å². The van der Waals surface area contributed by atoms with Crippen molar-refractivity contribution in [2.45, 2.75) is 45.1 Å². The van der Waals surface area contributed by atoms with E-state index in [1.165, 1.54) is 38.6 Å². The summed E-state index contributed by atoms with van der Waals surface area (Å²) in [6.45, 7) is 5.79. The van der Waals surface area contributed by atoms with Gasteiger partial charge in [0.15, 0.2) is 0 Å². The van der Waals surface area contributed by atoms with E-state index in [0.717, 1.165) is 12.0 Å². The van der Waals surface area contributed by atoms with Gasteiger partial charge >= 0.3 is 0 Å². The van der Waals surface area contributed by atoms with E-state index in [2.05, 4.69) is 18.4 Å². The SMILES string of the molecule is C[CH]N1CCCCC1C1CC1. The lowest BCUT2D eigenvalue weighted by Crippen LogP contribution is -2.38. The predicted molar refractivity (Wildman–Crippen MR) is 47.0 cm³/mol. The number of likely N-dealkylation sites (tertiary alicyclic amines) is 1. The Morgan fingerprint density at radius 1 is 1.18 bits per heavy atom. The minimum atomic E-state index is 0.925. The smallest absolute Gasteiger partial charge is 0.0223 e. The first-order valence-corrected chi connectivity index (χ1v) is 4.97. The third kappa shape index (κ3) is 1.58. The van der Waals surface area contributed by atoms with Crippen molar-refractivity contribution < 1.29 is 0 Å². The Morgan fingerprint density at radius 3 is 2.64 bits per heavy atom. The Bertz CT molecular complexity index is 129. The van der Waals surface area contributed by atoms with E-state index in [4.69, 9.17) is 0 Å². The molecule has 1 radical (unpaired) electrons. The predicted octanol–water partition coefficient (Wildman–Crippen LogP) is 2.43. The molecular weight excluding hydrogens is 134 g/mol. The monoisotopic (exact) mass is 152 g/mol. The molecule has 0 bridgehead atoms. The van der Waals surface area contributed by atoms with Crippen molar-refractivity contribution in [3.63, 3.8) is 0 Å². The summed E-state index contributed by atoms with van der Waals surface area (Å²) in [7, 11) is 0. The van der Waals surface area contributed by atoms with Gasteiger partial charge in [0.2, 0.25) is 0 Å². The highest BCUT2D eigenvalue weighted by Crippen LogP contribution is 2.39. The molecule has 0 amide bonds. The molecule has 0 N–H and O–H groups in total. The molecule has 63 valence electrons. The van der Waals surface area contributed by atoms with Gasteiger partial charge in [0.05, 0.1) is 0 Å². The Labute approximate surface area is 69.8 Å². The number of nitrogens with zero attached hydrogens (tertiary/aromatic N) is 1. The second-order valence-corrected chi connectivity index (χ2v) is 3.90. The van der Waals surface area contributed by atoms with E-state index in [1.807, 2.05) is 0 Å². The van der Waals surface area contributed by atoms with Crippen molar-refractivity contribution >= 4 is 0 Å². The van der Waals surface area contributed by atoms with Crippen molar-refractivity contribution in [3.05, 3.63) is 6.54 Å². The van der Waals surface area contributed by atoms with Crippen LogP contribution in [0.3, 0.4) is 0 Å². The van der Waals surface area contributed by atoms with Crippen LogP contribution in [0, 0.1) is 12.5 Å².